The molecule has 1 radical (unpaired) electrons. The van der Waals surface area contributed by atoms with Gasteiger partial charge in [-0.2, -0.15) is 0 Å². The predicted molar refractivity (Wildman–Crippen MR) is 195 cm³/mol. The molecule has 47 heavy (non-hydrogen) atoms. The molecule has 0 aliphatic heterocycles. The molecule has 2 nitrogen and oxygen atoms in total. The third-order valence-corrected chi connectivity index (χ3v) is 7.96. The third-order valence-electron chi connectivity index (χ3n) is 7.96. The Hall–Kier alpha value is -4.43. The minimum atomic E-state index is -2.18. The van der Waals surface area contributed by atoms with Crippen LogP contribution in [0.15, 0.2) is 122 Å². The molecule has 2 heterocycles. The van der Waals surface area contributed by atoms with Gasteiger partial charge in [0.15, 0.2) is 0 Å². The minimum absolute atomic E-state index is 0. The Morgan fingerprint density at radius 3 is 1.98 bits per heavy atom. The zero-order chi connectivity index (χ0) is 37.3. The zero-order valence-corrected chi connectivity index (χ0v) is 29.4. The number of pyridine rings is 2. The minimum Gasteiger partial charge on any atom is -0.304 e. The van der Waals surface area contributed by atoms with Crippen molar-refractivity contribution in [1.82, 2.24) is 9.97 Å². The van der Waals surface area contributed by atoms with Gasteiger partial charge >= 0.3 is 0 Å². The Kier molecular flexibility index (Phi) is 8.24. The van der Waals surface area contributed by atoms with Gasteiger partial charge in [-0.1, -0.05) is 117 Å². The Morgan fingerprint density at radius 1 is 0.660 bits per heavy atom. The summed E-state index contributed by atoms with van der Waals surface area (Å²) in [5, 5.41) is 5.12. The van der Waals surface area contributed by atoms with Crippen LogP contribution in [0.4, 0.5) is 0 Å². The monoisotopic (exact) mass is 795 g/mol. The SMILES string of the molecule is Cc1cnc(-c2[c-]cc(-c3cc4ccccc4c4ccccc34)cc2)cc1CC(C)(C)C.[2H]C([2H])([2H])c1c[c-]c(-c2ccc(C([2H])([2H])[2H])cn2)cc1.[Ir]. The molecule has 237 valence electrons. The van der Waals surface area contributed by atoms with Gasteiger partial charge in [0, 0.05) is 40.7 Å². The molecule has 0 aliphatic carbocycles. The first-order chi connectivity index (χ1) is 24.6. The summed E-state index contributed by atoms with van der Waals surface area (Å²) in [5.41, 5.74) is 8.85. The topological polar surface area (TPSA) is 25.8 Å². The van der Waals surface area contributed by atoms with Gasteiger partial charge < -0.3 is 9.97 Å². The van der Waals surface area contributed by atoms with E-state index in [0.29, 0.717) is 11.3 Å². The van der Waals surface area contributed by atoms with Crippen LogP contribution in [0.25, 0.3) is 55.2 Å². The average molecular weight is 795 g/mol. The molecular formula is C44H40IrN2-2. The fraction of sp³-hybridized carbons (Fsp3) is 0.182. The molecule has 7 rings (SSSR count). The molecule has 0 fully saturated rings. The van der Waals surface area contributed by atoms with E-state index >= 15 is 0 Å². The van der Waals surface area contributed by atoms with Gasteiger partial charge in [-0.25, -0.2) is 0 Å². The van der Waals surface area contributed by atoms with Crippen molar-refractivity contribution in [2.24, 2.45) is 5.41 Å². The van der Waals surface area contributed by atoms with Crippen LogP contribution in [0, 0.1) is 38.2 Å². The van der Waals surface area contributed by atoms with Crippen molar-refractivity contribution in [3.63, 3.8) is 0 Å². The van der Waals surface area contributed by atoms with Gasteiger partial charge in [0.25, 0.3) is 0 Å². The summed E-state index contributed by atoms with van der Waals surface area (Å²) in [6.07, 6.45) is 4.33. The second kappa shape index (κ2) is 14.6. The van der Waals surface area contributed by atoms with Crippen molar-refractivity contribution >= 4 is 21.5 Å². The first kappa shape index (κ1) is 26.6. The molecule has 0 spiro atoms. The molecule has 7 aromatic rings. The molecule has 3 heteroatoms. The Labute approximate surface area is 301 Å². The van der Waals surface area contributed by atoms with Crippen LogP contribution in [-0.2, 0) is 26.5 Å². The molecule has 0 amide bonds. The van der Waals surface area contributed by atoms with Gasteiger partial charge in [0.1, 0.15) is 0 Å². The van der Waals surface area contributed by atoms with Gasteiger partial charge in [-0.3, -0.25) is 0 Å². The summed E-state index contributed by atoms with van der Waals surface area (Å²) in [6.45, 7) is 4.65. The zero-order valence-electron chi connectivity index (χ0n) is 33.0. The van der Waals surface area contributed by atoms with Crippen molar-refractivity contribution in [2.75, 3.05) is 0 Å². The maximum Gasteiger partial charge on any atom is 0.0280 e. The predicted octanol–water partition coefficient (Wildman–Crippen LogP) is 11.6. The molecular weight excluding hydrogens is 749 g/mol. The van der Waals surface area contributed by atoms with E-state index in [1.54, 1.807) is 12.1 Å². The molecule has 0 atom stereocenters. The second-order valence-corrected chi connectivity index (χ2v) is 12.8. The van der Waals surface area contributed by atoms with Crippen molar-refractivity contribution in [3.8, 4) is 33.6 Å². The van der Waals surface area contributed by atoms with Crippen LogP contribution in [0.3, 0.4) is 0 Å². The fourth-order valence-electron chi connectivity index (χ4n) is 5.66. The van der Waals surface area contributed by atoms with Gasteiger partial charge in [-0.15, -0.1) is 65.2 Å². The van der Waals surface area contributed by atoms with Crippen LogP contribution < -0.4 is 0 Å². The van der Waals surface area contributed by atoms with Crippen molar-refractivity contribution in [1.29, 1.82) is 0 Å². The molecule has 0 saturated carbocycles. The second-order valence-electron chi connectivity index (χ2n) is 12.8. The van der Waals surface area contributed by atoms with Crippen LogP contribution in [0.5, 0.6) is 0 Å². The van der Waals surface area contributed by atoms with Crippen molar-refractivity contribution in [3.05, 3.63) is 156 Å². The molecule has 0 bridgehead atoms. The summed E-state index contributed by atoms with van der Waals surface area (Å²) in [5.74, 6) is 0. The van der Waals surface area contributed by atoms with Gasteiger partial charge in [0.05, 0.1) is 0 Å². The number of aromatic nitrogens is 2. The molecule has 5 aromatic carbocycles. The molecule has 0 unspecified atom stereocenters. The Balaban J connectivity index is 0.000000223. The van der Waals surface area contributed by atoms with Crippen molar-refractivity contribution in [2.45, 2.75) is 47.8 Å². The summed E-state index contributed by atoms with van der Waals surface area (Å²) < 4.78 is 43.6. The standard InChI is InChI=1S/C31H28N.C13H12N.Ir/c1-21-20-32-30(18-25(21)19-31(2,3)4)23-15-13-22(14-16-23)29-17-24-9-5-6-10-26(24)27-11-7-8-12-28(27)29;1-10-3-6-12(7-4-10)13-8-5-11(2)9-14-13;/h5-15,17-18,20H,19H2,1-4H3;3-6,8-9H,1-2H3;/q2*-1;/i;1D3,2D3;. The van der Waals surface area contributed by atoms with E-state index in [4.69, 9.17) is 13.2 Å². The quantitative estimate of drug-likeness (QED) is 0.131. The van der Waals surface area contributed by atoms with E-state index in [9.17, 15) is 0 Å². The summed E-state index contributed by atoms with van der Waals surface area (Å²) in [6, 6.07) is 42.2. The number of nitrogens with zero attached hydrogens (tertiary/aromatic N) is 2. The largest absolute Gasteiger partial charge is 0.304 e. The number of rotatable bonds is 4. The molecule has 0 N–H and O–H groups in total. The number of aryl methyl sites for hydroxylation is 3. The average Bonchev–Trinajstić information content (AvgIpc) is 3.11. The normalized spacial score (nSPS) is 13.5. The van der Waals surface area contributed by atoms with Crippen molar-refractivity contribution < 1.29 is 28.3 Å². The summed E-state index contributed by atoms with van der Waals surface area (Å²) in [7, 11) is 0. The van der Waals surface area contributed by atoms with Crippen LogP contribution in [0.2, 0.25) is 0 Å². The number of fused-ring (bicyclic) bond motifs is 3. The summed E-state index contributed by atoms with van der Waals surface area (Å²) in [4.78, 5) is 8.78. The van der Waals surface area contributed by atoms with Gasteiger partial charge in [-0.05, 0) is 69.7 Å². The number of hydrogen-bond donors (Lipinski definition) is 0. The van der Waals surface area contributed by atoms with E-state index < -0.39 is 13.7 Å². The molecule has 2 aromatic heterocycles. The summed E-state index contributed by atoms with van der Waals surface area (Å²) >= 11 is 0. The van der Waals surface area contributed by atoms with Crippen LogP contribution >= 0.6 is 0 Å². The first-order valence-electron chi connectivity index (χ1n) is 18.4. The Morgan fingerprint density at radius 2 is 1.32 bits per heavy atom. The first-order valence-corrected chi connectivity index (χ1v) is 15.4. The molecule has 0 saturated heterocycles. The Bertz CT molecular complexity index is 2270. The van der Waals surface area contributed by atoms with Gasteiger partial charge in [0.2, 0.25) is 0 Å². The van der Waals surface area contributed by atoms with Crippen LogP contribution in [-0.4, -0.2) is 9.97 Å². The van der Waals surface area contributed by atoms with Crippen LogP contribution in [0.1, 0.15) is 51.2 Å². The van der Waals surface area contributed by atoms with E-state index in [1.807, 2.05) is 6.20 Å². The maximum atomic E-state index is 7.28. The fourth-order valence-corrected chi connectivity index (χ4v) is 5.66. The number of hydrogen-bond acceptors (Lipinski definition) is 2. The van der Waals surface area contributed by atoms with E-state index in [2.05, 4.69) is 124 Å². The molecule has 0 aliphatic rings. The van der Waals surface area contributed by atoms with E-state index in [0.717, 1.165) is 17.7 Å². The smallest absolute Gasteiger partial charge is 0.0280 e. The third kappa shape index (κ3) is 8.11. The van der Waals surface area contributed by atoms with E-state index in [-0.39, 0.29) is 36.6 Å². The van der Waals surface area contributed by atoms with E-state index in [1.165, 1.54) is 68.2 Å². The number of benzene rings is 5. The maximum absolute atomic E-state index is 7.28.